The molecule has 8 heteroatoms. The molecule has 0 aromatic rings. The molecule has 166 valence electrons. The number of ether oxygens (including phenoxy) is 1. The Balaban J connectivity index is 0.00000392. The number of likely N-dealkylation sites (N-methyl/N-ethyl adjacent to an activating group) is 2. The van der Waals surface area contributed by atoms with Crippen LogP contribution in [-0.2, 0) is 4.74 Å². The summed E-state index contributed by atoms with van der Waals surface area (Å²) in [6, 6.07) is 1.02. The molecule has 7 nitrogen and oxygen atoms in total. The predicted octanol–water partition coefficient (Wildman–Crippen LogP) is 1.15. The smallest absolute Gasteiger partial charge is 0.191 e. The molecule has 0 aromatic heterocycles. The Bertz CT molecular complexity index is 444. The maximum atomic E-state index is 5.53. The first-order chi connectivity index (χ1) is 13.0. The summed E-state index contributed by atoms with van der Waals surface area (Å²) >= 11 is 0. The van der Waals surface area contributed by atoms with Gasteiger partial charge in [0.1, 0.15) is 0 Å². The summed E-state index contributed by atoms with van der Waals surface area (Å²) in [4.78, 5) is 12.4. The number of aliphatic imine (C=N–C) groups is 1. The molecular weight excluding hydrogens is 467 g/mol. The van der Waals surface area contributed by atoms with Gasteiger partial charge in [0.2, 0.25) is 0 Å². The van der Waals surface area contributed by atoms with Gasteiger partial charge >= 0.3 is 0 Å². The van der Waals surface area contributed by atoms with Gasteiger partial charge in [-0.25, -0.2) is 0 Å². The summed E-state index contributed by atoms with van der Waals surface area (Å²) in [5.41, 5.74) is 0. The van der Waals surface area contributed by atoms with Gasteiger partial charge in [0.05, 0.1) is 19.8 Å². The zero-order chi connectivity index (χ0) is 19.6. The molecule has 0 bridgehead atoms. The molecule has 0 amide bonds. The zero-order valence-corrected chi connectivity index (χ0v) is 20.9. The number of nitrogens with one attached hydrogen (secondary N) is 2. The molecule has 0 aromatic carbocycles. The molecular formula is C20H43IN6O. The highest BCUT2D eigenvalue weighted by molar-refractivity contribution is 14.0. The molecule has 2 N–H and O–H groups in total. The number of hydrogen-bond acceptors (Lipinski definition) is 5. The molecule has 0 spiro atoms. The lowest BCUT2D eigenvalue weighted by atomic mass is 10.0. The van der Waals surface area contributed by atoms with E-state index in [9.17, 15) is 0 Å². The van der Waals surface area contributed by atoms with Crippen LogP contribution in [0.15, 0.2) is 4.99 Å². The van der Waals surface area contributed by atoms with Gasteiger partial charge in [0, 0.05) is 57.9 Å². The highest BCUT2D eigenvalue weighted by Gasteiger charge is 2.23. The summed E-state index contributed by atoms with van der Waals surface area (Å²) in [6.07, 6.45) is 1.18. The van der Waals surface area contributed by atoms with E-state index in [4.69, 9.17) is 9.73 Å². The standard InChI is InChI=1S/C20H42N6O.HI/c1-6-21-20(23-15-19-16-24(4)7-8-25(19)5)22-14-18(13-17(2)3)26-9-11-27-12-10-26;/h17-19H,6-16H2,1-5H3,(H2,21,22,23);1H. The SMILES string of the molecule is CCNC(=NCC(CC(C)C)N1CCOCC1)NCC1CN(C)CCN1C.I. The van der Waals surface area contributed by atoms with Crippen molar-refractivity contribution < 1.29 is 4.74 Å². The fraction of sp³-hybridized carbons (Fsp3) is 0.950. The fourth-order valence-electron chi connectivity index (χ4n) is 3.90. The van der Waals surface area contributed by atoms with Crippen molar-refractivity contribution in [2.45, 2.75) is 39.3 Å². The van der Waals surface area contributed by atoms with E-state index in [0.717, 1.165) is 71.5 Å². The van der Waals surface area contributed by atoms with Gasteiger partial charge in [-0.2, -0.15) is 0 Å². The lowest BCUT2D eigenvalue weighted by Gasteiger charge is -2.38. The van der Waals surface area contributed by atoms with Crippen LogP contribution in [0, 0.1) is 5.92 Å². The summed E-state index contributed by atoms with van der Waals surface area (Å²) < 4.78 is 5.53. The lowest BCUT2D eigenvalue weighted by Crippen LogP contribution is -2.55. The lowest BCUT2D eigenvalue weighted by molar-refractivity contribution is 0.0143. The normalized spacial score (nSPS) is 24.1. The average Bonchev–Trinajstić information content (AvgIpc) is 2.65. The second kappa shape index (κ2) is 14.0. The van der Waals surface area contributed by atoms with E-state index in [1.165, 1.54) is 6.42 Å². The van der Waals surface area contributed by atoms with Crippen LogP contribution in [-0.4, -0.2) is 112 Å². The van der Waals surface area contributed by atoms with E-state index in [1.54, 1.807) is 0 Å². The van der Waals surface area contributed by atoms with Crippen molar-refractivity contribution in [2.24, 2.45) is 10.9 Å². The molecule has 28 heavy (non-hydrogen) atoms. The highest BCUT2D eigenvalue weighted by atomic mass is 127. The van der Waals surface area contributed by atoms with Crippen LogP contribution < -0.4 is 10.6 Å². The van der Waals surface area contributed by atoms with Gasteiger partial charge in [-0.05, 0) is 33.4 Å². The van der Waals surface area contributed by atoms with Crippen molar-refractivity contribution in [1.29, 1.82) is 0 Å². The number of rotatable bonds is 8. The maximum absolute atomic E-state index is 5.53. The minimum absolute atomic E-state index is 0. The largest absolute Gasteiger partial charge is 0.379 e. The van der Waals surface area contributed by atoms with Crippen LogP contribution in [0.3, 0.4) is 0 Å². The summed E-state index contributed by atoms with van der Waals surface area (Å²) in [7, 11) is 4.43. The highest BCUT2D eigenvalue weighted by Crippen LogP contribution is 2.14. The second-order valence-corrected chi connectivity index (χ2v) is 8.43. The molecule has 2 rings (SSSR count). The van der Waals surface area contributed by atoms with Gasteiger partial charge in [-0.3, -0.25) is 14.8 Å². The number of morpholine rings is 1. The Kier molecular flexibility index (Phi) is 12.9. The van der Waals surface area contributed by atoms with Crippen molar-refractivity contribution >= 4 is 29.9 Å². The topological polar surface area (TPSA) is 55.4 Å². The Morgan fingerprint density at radius 2 is 1.82 bits per heavy atom. The van der Waals surface area contributed by atoms with Crippen LogP contribution in [0.2, 0.25) is 0 Å². The van der Waals surface area contributed by atoms with E-state index < -0.39 is 0 Å². The van der Waals surface area contributed by atoms with Crippen LogP contribution in [0.5, 0.6) is 0 Å². The van der Waals surface area contributed by atoms with E-state index in [1.807, 2.05) is 0 Å². The Morgan fingerprint density at radius 1 is 1.11 bits per heavy atom. The van der Waals surface area contributed by atoms with Crippen LogP contribution in [0.25, 0.3) is 0 Å². The number of hydrogen-bond donors (Lipinski definition) is 2. The number of nitrogens with zero attached hydrogens (tertiary/aromatic N) is 4. The first-order valence-electron chi connectivity index (χ1n) is 10.7. The zero-order valence-electron chi connectivity index (χ0n) is 18.6. The van der Waals surface area contributed by atoms with Gasteiger partial charge < -0.3 is 20.3 Å². The Labute approximate surface area is 189 Å². The molecule has 2 atom stereocenters. The monoisotopic (exact) mass is 510 g/mol. The summed E-state index contributed by atoms with van der Waals surface area (Å²) in [5, 5.41) is 7.00. The first kappa shape index (κ1) is 25.9. The third-order valence-corrected chi connectivity index (χ3v) is 5.60. The van der Waals surface area contributed by atoms with E-state index >= 15 is 0 Å². The van der Waals surface area contributed by atoms with Crippen LogP contribution in [0.1, 0.15) is 27.2 Å². The quantitative estimate of drug-likeness (QED) is 0.291. The van der Waals surface area contributed by atoms with Gasteiger partial charge in [0.25, 0.3) is 0 Å². The van der Waals surface area contributed by atoms with Crippen molar-refractivity contribution in [3.63, 3.8) is 0 Å². The van der Waals surface area contributed by atoms with Crippen molar-refractivity contribution in [2.75, 3.05) is 79.7 Å². The van der Waals surface area contributed by atoms with Crippen LogP contribution in [0.4, 0.5) is 0 Å². The van der Waals surface area contributed by atoms with Crippen molar-refractivity contribution in [3.8, 4) is 0 Å². The number of guanidine groups is 1. The molecule has 2 aliphatic rings. The van der Waals surface area contributed by atoms with Gasteiger partial charge in [0.15, 0.2) is 5.96 Å². The number of piperazine rings is 1. The predicted molar refractivity (Wildman–Crippen MR) is 129 cm³/mol. The van der Waals surface area contributed by atoms with Crippen molar-refractivity contribution in [1.82, 2.24) is 25.3 Å². The van der Waals surface area contributed by atoms with Gasteiger partial charge in [-0.1, -0.05) is 13.8 Å². The molecule has 2 heterocycles. The molecule has 0 saturated carbocycles. The minimum atomic E-state index is 0. The molecule has 0 aliphatic carbocycles. The van der Waals surface area contributed by atoms with E-state index in [2.05, 4.69) is 60.2 Å². The fourth-order valence-corrected chi connectivity index (χ4v) is 3.90. The molecule has 2 unspecified atom stereocenters. The average molecular weight is 511 g/mol. The molecule has 2 fully saturated rings. The number of halogens is 1. The molecule has 2 aliphatic heterocycles. The van der Waals surface area contributed by atoms with Crippen LogP contribution >= 0.6 is 24.0 Å². The Hall–Kier alpha value is -0.160. The first-order valence-corrected chi connectivity index (χ1v) is 10.7. The van der Waals surface area contributed by atoms with Crippen molar-refractivity contribution in [3.05, 3.63) is 0 Å². The Morgan fingerprint density at radius 3 is 2.46 bits per heavy atom. The van der Waals surface area contributed by atoms with E-state index in [-0.39, 0.29) is 24.0 Å². The minimum Gasteiger partial charge on any atom is -0.379 e. The second-order valence-electron chi connectivity index (χ2n) is 8.43. The summed E-state index contributed by atoms with van der Waals surface area (Å²) in [5.74, 6) is 1.62. The molecule has 0 radical (unpaired) electrons. The third kappa shape index (κ3) is 9.11. The van der Waals surface area contributed by atoms with E-state index in [0.29, 0.717) is 18.0 Å². The van der Waals surface area contributed by atoms with Gasteiger partial charge in [-0.15, -0.1) is 24.0 Å². The third-order valence-electron chi connectivity index (χ3n) is 5.60. The molecule has 2 saturated heterocycles. The maximum Gasteiger partial charge on any atom is 0.191 e. The summed E-state index contributed by atoms with van der Waals surface area (Å²) in [6.45, 7) is 16.5.